The summed E-state index contributed by atoms with van der Waals surface area (Å²) in [6.07, 6.45) is 8.82. The summed E-state index contributed by atoms with van der Waals surface area (Å²) in [5.74, 6) is 1.76. The summed E-state index contributed by atoms with van der Waals surface area (Å²) in [5.41, 5.74) is 1.33. The maximum atomic E-state index is 2.39. The van der Waals surface area contributed by atoms with E-state index in [1.54, 1.807) is 0 Å². The molecule has 1 aromatic carbocycles. The van der Waals surface area contributed by atoms with Crippen LogP contribution in [0.2, 0.25) is 0 Å². The van der Waals surface area contributed by atoms with Crippen LogP contribution in [-0.2, 0) is 0 Å². The molecule has 1 aliphatic carbocycles. The molecule has 0 radical (unpaired) electrons. The van der Waals surface area contributed by atoms with Gasteiger partial charge in [0.15, 0.2) is 0 Å². The second-order valence-corrected chi connectivity index (χ2v) is 4.45. The third kappa shape index (κ3) is 2.47. The first-order valence-corrected chi connectivity index (χ1v) is 5.58. The molecule has 1 aliphatic rings. The fourth-order valence-corrected chi connectivity index (χ4v) is 2.24. The number of hydrogen-bond acceptors (Lipinski definition) is 0. The van der Waals surface area contributed by atoms with Gasteiger partial charge in [0.25, 0.3) is 0 Å². The summed E-state index contributed by atoms with van der Waals surface area (Å²) in [6, 6.07) is 10.6. The van der Waals surface area contributed by atoms with Gasteiger partial charge in [0.2, 0.25) is 0 Å². The van der Waals surface area contributed by atoms with Crippen molar-refractivity contribution in [1.82, 2.24) is 0 Å². The van der Waals surface area contributed by atoms with Gasteiger partial charge < -0.3 is 0 Å². The van der Waals surface area contributed by atoms with Crippen LogP contribution in [-0.4, -0.2) is 0 Å². The SMILES string of the molecule is CC1CCC(C=Cc2ccccc2)C1. The predicted octanol–water partition coefficient (Wildman–Crippen LogP) is 4.14. The zero-order valence-corrected chi connectivity index (χ0v) is 8.82. The Bertz CT molecular complexity index is 297. The Morgan fingerprint density at radius 2 is 1.93 bits per heavy atom. The summed E-state index contributed by atoms with van der Waals surface area (Å²) in [6.45, 7) is 2.36. The van der Waals surface area contributed by atoms with E-state index >= 15 is 0 Å². The summed E-state index contributed by atoms with van der Waals surface area (Å²) < 4.78 is 0. The van der Waals surface area contributed by atoms with Gasteiger partial charge in [0, 0.05) is 0 Å². The van der Waals surface area contributed by atoms with E-state index in [0.717, 1.165) is 11.8 Å². The first-order valence-electron chi connectivity index (χ1n) is 5.58. The van der Waals surface area contributed by atoms with Gasteiger partial charge in [-0.1, -0.05) is 55.8 Å². The van der Waals surface area contributed by atoms with Crippen molar-refractivity contribution in [2.45, 2.75) is 26.2 Å². The maximum Gasteiger partial charge on any atom is -0.0228 e. The molecular weight excluding hydrogens is 168 g/mol. The van der Waals surface area contributed by atoms with Crippen LogP contribution < -0.4 is 0 Å². The summed E-state index contributed by atoms with van der Waals surface area (Å²) in [4.78, 5) is 0. The molecule has 0 heteroatoms. The van der Waals surface area contributed by atoms with E-state index in [4.69, 9.17) is 0 Å². The van der Waals surface area contributed by atoms with Crippen molar-refractivity contribution >= 4 is 6.08 Å². The molecule has 0 aromatic heterocycles. The molecule has 0 spiro atoms. The highest BCUT2D eigenvalue weighted by Gasteiger charge is 2.18. The number of rotatable bonds is 2. The van der Waals surface area contributed by atoms with Crippen molar-refractivity contribution in [2.24, 2.45) is 11.8 Å². The van der Waals surface area contributed by atoms with Crippen LogP contribution >= 0.6 is 0 Å². The molecule has 2 atom stereocenters. The van der Waals surface area contributed by atoms with Crippen LogP contribution in [0.1, 0.15) is 31.7 Å². The van der Waals surface area contributed by atoms with Crippen molar-refractivity contribution in [1.29, 1.82) is 0 Å². The minimum atomic E-state index is 0.824. The normalized spacial score (nSPS) is 27.2. The minimum absolute atomic E-state index is 0.824. The maximum absolute atomic E-state index is 2.39. The molecule has 0 saturated heterocycles. The number of allylic oxidation sites excluding steroid dienone is 1. The molecule has 2 rings (SSSR count). The zero-order chi connectivity index (χ0) is 9.80. The topological polar surface area (TPSA) is 0 Å². The molecule has 0 aliphatic heterocycles. The van der Waals surface area contributed by atoms with E-state index in [-0.39, 0.29) is 0 Å². The van der Waals surface area contributed by atoms with Crippen molar-refractivity contribution in [3.63, 3.8) is 0 Å². The average Bonchev–Trinajstić information content (AvgIpc) is 2.63. The quantitative estimate of drug-likeness (QED) is 0.651. The van der Waals surface area contributed by atoms with E-state index in [1.165, 1.54) is 24.8 Å². The molecule has 0 amide bonds. The van der Waals surface area contributed by atoms with Crippen molar-refractivity contribution in [3.05, 3.63) is 42.0 Å². The van der Waals surface area contributed by atoms with Crippen LogP contribution in [0.4, 0.5) is 0 Å². The Morgan fingerprint density at radius 1 is 1.14 bits per heavy atom. The third-order valence-corrected chi connectivity index (χ3v) is 3.10. The molecule has 74 valence electrons. The number of hydrogen-bond donors (Lipinski definition) is 0. The van der Waals surface area contributed by atoms with Crippen molar-refractivity contribution < 1.29 is 0 Å². The standard InChI is InChI=1S/C14H18/c1-12-7-8-14(11-12)10-9-13-5-3-2-4-6-13/h2-6,9-10,12,14H,7-8,11H2,1H3. The highest BCUT2D eigenvalue weighted by molar-refractivity contribution is 5.49. The molecule has 0 bridgehead atoms. The molecule has 0 nitrogen and oxygen atoms in total. The fraction of sp³-hybridized carbons (Fsp3) is 0.429. The second kappa shape index (κ2) is 4.45. The van der Waals surface area contributed by atoms with Gasteiger partial charge in [-0.25, -0.2) is 0 Å². The predicted molar refractivity (Wildman–Crippen MR) is 62.0 cm³/mol. The Morgan fingerprint density at radius 3 is 2.57 bits per heavy atom. The van der Waals surface area contributed by atoms with Gasteiger partial charge in [-0.3, -0.25) is 0 Å². The highest BCUT2D eigenvalue weighted by atomic mass is 14.2. The van der Waals surface area contributed by atoms with Gasteiger partial charge in [-0.15, -0.1) is 0 Å². The van der Waals surface area contributed by atoms with Gasteiger partial charge in [0.1, 0.15) is 0 Å². The Kier molecular flexibility index (Phi) is 3.03. The monoisotopic (exact) mass is 186 g/mol. The molecule has 0 N–H and O–H groups in total. The molecular formula is C14H18. The molecule has 0 heterocycles. The molecule has 1 aromatic rings. The first-order chi connectivity index (χ1) is 6.84. The summed E-state index contributed by atoms with van der Waals surface area (Å²) in [5, 5.41) is 0. The van der Waals surface area contributed by atoms with E-state index in [2.05, 4.69) is 49.4 Å². The van der Waals surface area contributed by atoms with Gasteiger partial charge in [-0.05, 0) is 30.2 Å². The van der Waals surface area contributed by atoms with Crippen molar-refractivity contribution in [3.8, 4) is 0 Å². The summed E-state index contributed by atoms with van der Waals surface area (Å²) >= 11 is 0. The van der Waals surface area contributed by atoms with Gasteiger partial charge in [0.05, 0.1) is 0 Å². The van der Waals surface area contributed by atoms with Crippen LogP contribution in [0.15, 0.2) is 36.4 Å². The average molecular weight is 186 g/mol. The largest absolute Gasteiger partial charge is 0.0808 e. The van der Waals surface area contributed by atoms with Crippen LogP contribution in [0, 0.1) is 11.8 Å². The number of benzene rings is 1. The lowest BCUT2D eigenvalue weighted by Crippen LogP contribution is -1.88. The summed E-state index contributed by atoms with van der Waals surface area (Å²) in [7, 11) is 0. The van der Waals surface area contributed by atoms with E-state index in [1.807, 2.05) is 0 Å². The molecule has 2 unspecified atom stereocenters. The second-order valence-electron chi connectivity index (χ2n) is 4.45. The third-order valence-electron chi connectivity index (χ3n) is 3.10. The Balaban J connectivity index is 1.94. The van der Waals surface area contributed by atoms with Gasteiger partial charge in [-0.2, -0.15) is 0 Å². The minimum Gasteiger partial charge on any atom is -0.0808 e. The first kappa shape index (κ1) is 9.51. The zero-order valence-electron chi connectivity index (χ0n) is 8.82. The van der Waals surface area contributed by atoms with Crippen LogP contribution in [0.5, 0.6) is 0 Å². The highest BCUT2D eigenvalue weighted by Crippen LogP contribution is 2.31. The fourth-order valence-electron chi connectivity index (χ4n) is 2.24. The lowest BCUT2D eigenvalue weighted by molar-refractivity contribution is 0.587. The Labute approximate surface area is 86.7 Å². The lowest BCUT2D eigenvalue weighted by Gasteiger charge is -2.01. The van der Waals surface area contributed by atoms with Gasteiger partial charge >= 0.3 is 0 Å². The van der Waals surface area contributed by atoms with E-state index < -0.39 is 0 Å². The molecule has 1 saturated carbocycles. The molecule has 14 heavy (non-hydrogen) atoms. The molecule has 1 fully saturated rings. The van der Waals surface area contributed by atoms with E-state index in [0.29, 0.717) is 0 Å². The lowest BCUT2D eigenvalue weighted by atomic mass is 10.0. The smallest absolute Gasteiger partial charge is 0.0228 e. The van der Waals surface area contributed by atoms with Crippen LogP contribution in [0.25, 0.3) is 6.08 Å². The van der Waals surface area contributed by atoms with E-state index in [9.17, 15) is 0 Å². The Hall–Kier alpha value is -1.04. The van der Waals surface area contributed by atoms with Crippen molar-refractivity contribution in [2.75, 3.05) is 0 Å². The van der Waals surface area contributed by atoms with Crippen LogP contribution in [0.3, 0.4) is 0 Å².